The van der Waals surface area contributed by atoms with Gasteiger partial charge >= 0.3 is 0 Å². The normalized spacial score (nSPS) is 9.80. The fraction of sp³-hybridized carbons (Fsp3) is 0.211. The Morgan fingerprint density at radius 1 is 1.12 bits per heavy atom. The number of rotatable bonds is 7. The molecule has 1 N–H and O–H groups in total. The van der Waals surface area contributed by atoms with E-state index in [2.05, 4.69) is 5.32 Å². The Kier molecular flexibility index (Phi) is 6.13. The van der Waals surface area contributed by atoms with E-state index in [-0.39, 0.29) is 18.3 Å². The summed E-state index contributed by atoms with van der Waals surface area (Å²) in [6.45, 7) is 3.47. The molecule has 2 aromatic carbocycles. The van der Waals surface area contributed by atoms with Gasteiger partial charge in [0.15, 0.2) is 23.9 Å². The van der Waals surface area contributed by atoms with Gasteiger partial charge in [0, 0.05) is 17.3 Å². The molecular formula is C19H18N2O4. The quantitative estimate of drug-likeness (QED) is 0.783. The van der Waals surface area contributed by atoms with Crippen molar-refractivity contribution in [2.75, 3.05) is 18.5 Å². The second kappa shape index (κ2) is 8.50. The highest BCUT2D eigenvalue weighted by atomic mass is 16.5. The van der Waals surface area contributed by atoms with Crippen LogP contribution in [0.3, 0.4) is 0 Å². The Hall–Kier alpha value is -3.33. The molecule has 0 heterocycles. The molecule has 0 aliphatic carbocycles. The number of hydrogen-bond acceptors (Lipinski definition) is 5. The molecule has 0 saturated carbocycles. The van der Waals surface area contributed by atoms with Gasteiger partial charge in [-0.2, -0.15) is 5.26 Å². The summed E-state index contributed by atoms with van der Waals surface area (Å²) in [7, 11) is 0. The summed E-state index contributed by atoms with van der Waals surface area (Å²) in [5.74, 6) is 0.347. The molecule has 128 valence electrons. The summed E-state index contributed by atoms with van der Waals surface area (Å²) in [6, 6.07) is 13.4. The number of benzene rings is 2. The van der Waals surface area contributed by atoms with Gasteiger partial charge in [-0.25, -0.2) is 0 Å². The van der Waals surface area contributed by atoms with Crippen molar-refractivity contribution in [2.24, 2.45) is 0 Å². The maximum Gasteiger partial charge on any atom is 0.262 e. The standard InChI is InChI=1S/C19H18N2O4/c1-3-24-18-9-14(11-20)7-8-17(18)25-12-19(23)21-16-6-4-5-15(10-16)13(2)22/h4-10H,3,12H2,1-2H3,(H,21,23). The Balaban J connectivity index is 2.01. The first-order valence-corrected chi connectivity index (χ1v) is 7.74. The van der Waals surface area contributed by atoms with E-state index in [1.165, 1.54) is 6.92 Å². The molecule has 0 radical (unpaired) electrons. The fourth-order valence-corrected chi connectivity index (χ4v) is 2.12. The third kappa shape index (κ3) is 5.08. The summed E-state index contributed by atoms with van der Waals surface area (Å²) in [5.41, 5.74) is 1.48. The molecule has 0 saturated heterocycles. The molecule has 0 aromatic heterocycles. The van der Waals surface area contributed by atoms with Crippen LogP contribution in [0, 0.1) is 11.3 Å². The zero-order chi connectivity index (χ0) is 18.2. The van der Waals surface area contributed by atoms with Crippen LogP contribution in [-0.4, -0.2) is 24.9 Å². The summed E-state index contributed by atoms with van der Waals surface area (Å²) >= 11 is 0. The SMILES string of the molecule is CCOc1cc(C#N)ccc1OCC(=O)Nc1cccc(C(C)=O)c1. The highest BCUT2D eigenvalue weighted by Gasteiger charge is 2.10. The lowest BCUT2D eigenvalue weighted by atomic mass is 10.1. The molecule has 2 rings (SSSR count). The number of nitrogens with one attached hydrogen (secondary N) is 1. The van der Waals surface area contributed by atoms with Crippen LogP contribution in [0.25, 0.3) is 0 Å². The molecule has 0 spiro atoms. The van der Waals surface area contributed by atoms with Crippen LogP contribution in [-0.2, 0) is 4.79 Å². The third-order valence-corrected chi connectivity index (χ3v) is 3.28. The summed E-state index contributed by atoms with van der Waals surface area (Å²) in [5, 5.41) is 11.6. The molecule has 1 amide bonds. The highest BCUT2D eigenvalue weighted by Crippen LogP contribution is 2.28. The van der Waals surface area contributed by atoms with Gasteiger partial charge in [-0.15, -0.1) is 0 Å². The van der Waals surface area contributed by atoms with Gasteiger partial charge in [-0.3, -0.25) is 9.59 Å². The third-order valence-electron chi connectivity index (χ3n) is 3.28. The molecule has 6 nitrogen and oxygen atoms in total. The van der Waals surface area contributed by atoms with Gasteiger partial charge in [-0.05, 0) is 38.1 Å². The number of anilines is 1. The van der Waals surface area contributed by atoms with Gasteiger partial charge in [0.2, 0.25) is 0 Å². The van der Waals surface area contributed by atoms with Crippen LogP contribution in [0.1, 0.15) is 29.8 Å². The van der Waals surface area contributed by atoms with Crippen molar-refractivity contribution < 1.29 is 19.1 Å². The molecule has 0 unspecified atom stereocenters. The van der Waals surface area contributed by atoms with Gasteiger partial charge in [0.1, 0.15) is 0 Å². The van der Waals surface area contributed by atoms with Crippen molar-refractivity contribution in [1.29, 1.82) is 5.26 Å². The first kappa shape index (κ1) is 18.0. The van der Waals surface area contributed by atoms with Crippen molar-refractivity contribution in [3.05, 3.63) is 53.6 Å². The van der Waals surface area contributed by atoms with Gasteiger partial charge in [-0.1, -0.05) is 12.1 Å². The predicted molar refractivity (Wildman–Crippen MR) is 92.9 cm³/mol. The van der Waals surface area contributed by atoms with Crippen LogP contribution in [0.4, 0.5) is 5.69 Å². The Morgan fingerprint density at radius 2 is 1.92 bits per heavy atom. The number of ether oxygens (including phenoxy) is 2. The van der Waals surface area contributed by atoms with Gasteiger partial charge < -0.3 is 14.8 Å². The number of ketones is 1. The molecule has 0 bridgehead atoms. The molecular weight excluding hydrogens is 320 g/mol. The summed E-state index contributed by atoms with van der Waals surface area (Å²) < 4.78 is 10.9. The molecule has 2 aromatic rings. The second-order valence-corrected chi connectivity index (χ2v) is 5.18. The van der Waals surface area contributed by atoms with E-state index >= 15 is 0 Å². The van der Waals surface area contributed by atoms with Crippen LogP contribution in [0.5, 0.6) is 11.5 Å². The lowest BCUT2D eigenvalue weighted by molar-refractivity contribution is -0.118. The maximum atomic E-state index is 12.0. The smallest absolute Gasteiger partial charge is 0.262 e. The first-order chi connectivity index (χ1) is 12.0. The largest absolute Gasteiger partial charge is 0.490 e. The number of carbonyl (C=O) groups is 2. The lowest BCUT2D eigenvalue weighted by Crippen LogP contribution is -2.20. The van der Waals surface area contributed by atoms with E-state index in [0.717, 1.165) is 0 Å². The minimum Gasteiger partial charge on any atom is -0.490 e. The van der Waals surface area contributed by atoms with Crippen LogP contribution in [0.15, 0.2) is 42.5 Å². The lowest BCUT2D eigenvalue weighted by Gasteiger charge is -2.12. The van der Waals surface area contributed by atoms with E-state index in [4.69, 9.17) is 14.7 Å². The van der Waals surface area contributed by atoms with Gasteiger partial charge in [0.25, 0.3) is 5.91 Å². The minimum atomic E-state index is -0.368. The monoisotopic (exact) mass is 338 g/mol. The highest BCUT2D eigenvalue weighted by molar-refractivity contribution is 5.97. The van der Waals surface area contributed by atoms with Crippen LogP contribution >= 0.6 is 0 Å². The van der Waals surface area contributed by atoms with E-state index in [0.29, 0.717) is 34.9 Å². The van der Waals surface area contributed by atoms with Crippen molar-refractivity contribution in [3.8, 4) is 17.6 Å². The van der Waals surface area contributed by atoms with E-state index in [9.17, 15) is 9.59 Å². The predicted octanol–water partition coefficient (Wildman–Crippen LogP) is 3.18. The number of carbonyl (C=O) groups excluding carboxylic acids is 2. The number of amides is 1. The maximum absolute atomic E-state index is 12.0. The van der Waals surface area contributed by atoms with Crippen molar-refractivity contribution in [1.82, 2.24) is 0 Å². The Labute approximate surface area is 146 Å². The van der Waals surface area contributed by atoms with Crippen molar-refractivity contribution >= 4 is 17.4 Å². The van der Waals surface area contributed by atoms with Crippen LogP contribution in [0.2, 0.25) is 0 Å². The molecule has 0 aliphatic heterocycles. The Morgan fingerprint density at radius 3 is 2.60 bits per heavy atom. The number of nitrogens with zero attached hydrogens (tertiary/aromatic N) is 1. The van der Waals surface area contributed by atoms with Crippen LogP contribution < -0.4 is 14.8 Å². The van der Waals surface area contributed by atoms with Gasteiger partial charge in [0.05, 0.1) is 18.2 Å². The minimum absolute atomic E-state index is 0.0775. The summed E-state index contributed by atoms with van der Waals surface area (Å²) in [6.07, 6.45) is 0. The second-order valence-electron chi connectivity index (χ2n) is 5.18. The molecule has 25 heavy (non-hydrogen) atoms. The van der Waals surface area contributed by atoms with Crippen molar-refractivity contribution in [2.45, 2.75) is 13.8 Å². The zero-order valence-electron chi connectivity index (χ0n) is 14.0. The fourth-order valence-electron chi connectivity index (χ4n) is 2.12. The Bertz CT molecular complexity index is 824. The summed E-state index contributed by atoms with van der Waals surface area (Å²) in [4.78, 5) is 23.4. The topological polar surface area (TPSA) is 88.4 Å². The van der Waals surface area contributed by atoms with E-state index in [1.807, 2.05) is 13.0 Å². The average molecular weight is 338 g/mol. The number of nitriles is 1. The molecule has 0 fully saturated rings. The molecule has 6 heteroatoms. The molecule has 0 atom stereocenters. The van der Waals surface area contributed by atoms with E-state index in [1.54, 1.807) is 42.5 Å². The van der Waals surface area contributed by atoms with E-state index < -0.39 is 0 Å². The average Bonchev–Trinajstić information content (AvgIpc) is 2.61. The number of hydrogen-bond donors (Lipinski definition) is 1. The zero-order valence-corrected chi connectivity index (χ0v) is 14.0. The molecule has 0 aliphatic rings. The number of Topliss-reactive ketones (excluding diaryl/α,β-unsaturated/α-hetero) is 1. The van der Waals surface area contributed by atoms with Crippen molar-refractivity contribution in [3.63, 3.8) is 0 Å². The first-order valence-electron chi connectivity index (χ1n) is 7.74.